The van der Waals surface area contributed by atoms with Gasteiger partial charge >= 0.3 is 5.97 Å². The van der Waals surface area contributed by atoms with Crippen molar-refractivity contribution in [2.24, 2.45) is 0 Å². The molecular formula is C21H22ClN5O3S. The van der Waals surface area contributed by atoms with E-state index in [9.17, 15) is 14.7 Å². The molecular weight excluding hydrogens is 438 g/mol. The highest BCUT2D eigenvalue weighted by Crippen LogP contribution is 2.37. The van der Waals surface area contributed by atoms with Crippen molar-refractivity contribution in [1.82, 2.24) is 19.8 Å². The average Bonchev–Trinajstić information content (AvgIpc) is 3.22. The van der Waals surface area contributed by atoms with Crippen LogP contribution in [-0.2, 0) is 4.79 Å². The first-order chi connectivity index (χ1) is 15.0. The molecule has 0 aliphatic carbocycles. The fraction of sp³-hybridized carbons (Fsp3) is 0.333. The maximum atomic E-state index is 11.5. The fourth-order valence-electron chi connectivity index (χ4n) is 3.58. The molecule has 4 rings (SSSR count). The van der Waals surface area contributed by atoms with Crippen molar-refractivity contribution in [3.8, 4) is 10.6 Å². The van der Waals surface area contributed by atoms with Crippen molar-refractivity contribution < 1.29 is 14.7 Å². The van der Waals surface area contributed by atoms with Crippen LogP contribution in [0.25, 0.3) is 20.7 Å². The maximum Gasteiger partial charge on any atom is 0.336 e. The minimum Gasteiger partial charge on any atom is -0.478 e. The number of aromatic carboxylic acids is 1. The summed E-state index contributed by atoms with van der Waals surface area (Å²) in [5.41, 5.74) is 0.846. The molecule has 0 bridgehead atoms. The van der Waals surface area contributed by atoms with Gasteiger partial charge in [0.25, 0.3) is 0 Å². The zero-order valence-electron chi connectivity index (χ0n) is 16.8. The van der Waals surface area contributed by atoms with Crippen LogP contribution in [0.1, 0.15) is 16.8 Å². The smallest absolute Gasteiger partial charge is 0.336 e. The average molecular weight is 460 g/mol. The number of halogens is 1. The Hall–Kier alpha value is -2.75. The van der Waals surface area contributed by atoms with Crippen LogP contribution in [0.5, 0.6) is 0 Å². The lowest BCUT2D eigenvalue weighted by atomic mass is 10.1. The van der Waals surface area contributed by atoms with Crippen LogP contribution in [0.3, 0.4) is 0 Å². The summed E-state index contributed by atoms with van der Waals surface area (Å²) in [5.74, 6) is -0.472. The Morgan fingerprint density at radius 3 is 2.84 bits per heavy atom. The molecule has 0 saturated carbocycles. The largest absolute Gasteiger partial charge is 0.478 e. The molecule has 3 aromatic rings. The van der Waals surface area contributed by atoms with E-state index >= 15 is 0 Å². The van der Waals surface area contributed by atoms with Gasteiger partial charge in [-0.1, -0.05) is 17.7 Å². The lowest BCUT2D eigenvalue weighted by Crippen LogP contribution is -2.46. The van der Waals surface area contributed by atoms with Crippen LogP contribution >= 0.6 is 22.9 Å². The lowest BCUT2D eigenvalue weighted by molar-refractivity contribution is -0.119. The number of benzene rings is 1. The third-order valence-electron chi connectivity index (χ3n) is 5.26. The molecule has 0 unspecified atom stereocenters. The lowest BCUT2D eigenvalue weighted by Gasteiger charge is -2.32. The van der Waals surface area contributed by atoms with Crippen LogP contribution in [0.2, 0.25) is 5.02 Å². The van der Waals surface area contributed by atoms with Gasteiger partial charge < -0.3 is 15.3 Å². The first-order valence-electron chi connectivity index (χ1n) is 9.99. The number of nitrogens with zero attached hydrogens (tertiary/aromatic N) is 4. The predicted molar refractivity (Wildman–Crippen MR) is 122 cm³/mol. The van der Waals surface area contributed by atoms with E-state index in [1.807, 2.05) is 12.1 Å². The molecule has 3 heterocycles. The van der Waals surface area contributed by atoms with E-state index in [0.29, 0.717) is 28.6 Å². The van der Waals surface area contributed by atoms with Gasteiger partial charge in [-0.25, -0.2) is 14.8 Å². The SMILES string of the molecule is O=CN1CCN(CCCNc2ncc(Cl)c(-c3cc4c(C(=O)O)cccc4s3)n2)CC1. The molecule has 31 heavy (non-hydrogen) atoms. The van der Waals surface area contributed by atoms with Gasteiger partial charge in [-0.15, -0.1) is 11.3 Å². The number of hydrogen-bond donors (Lipinski definition) is 2. The summed E-state index contributed by atoms with van der Waals surface area (Å²) in [6.45, 7) is 4.99. The second kappa shape index (κ2) is 9.59. The van der Waals surface area contributed by atoms with Crippen LogP contribution in [-0.4, -0.2) is 76.5 Å². The third-order valence-corrected chi connectivity index (χ3v) is 6.64. The van der Waals surface area contributed by atoms with E-state index in [0.717, 1.165) is 55.1 Å². The van der Waals surface area contributed by atoms with E-state index in [1.54, 1.807) is 23.2 Å². The number of carboxylic acids is 1. The molecule has 0 atom stereocenters. The predicted octanol–water partition coefficient (Wildman–Crippen LogP) is 3.29. The van der Waals surface area contributed by atoms with Crippen molar-refractivity contribution in [3.05, 3.63) is 41.0 Å². The number of anilines is 1. The number of carbonyl (C=O) groups excluding carboxylic acids is 1. The monoisotopic (exact) mass is 459 g/mol. The van der Waals surface area contributed by atoms with E-state index < -0.39 is 5.97 Å². The molecule has 10 heteroatoms. The van der Waals surface area contributed by atoms with Gasteiger partial charge in [0.1, 0.15) is 5.69 Å². The number of fused-ring (bicyclic) bond motifs is 1. The number of carbonyl (C=O) groups is 2. The molecule has 1 aromatic carbocycles. The fourth-order valence-corrected chi connectivity index (χ4v) is 4.92. The molecule has 1 aliphatic heterocycles. The van der Waals surface area contributed by atoms with Crippen molar-refractivity contribution in [2.75, 3.05) is 44.6 Å². The summed E-state index contributed by atoms with van der Waals surface area (Å²) in [7, 11) is 0. The number of rotatable bonds is 8. The molecule has 1 aliphatic rings. The van der Waals surface area contributed by atoms with Crippen molar-refractivity contribution in [3.63, 3.8) is 0 Å². The molecule has 1 amide bonds. The molecule has 0 radical (unpaired) electrons. The molecule has 2 N–H and O–H groups in total. The summed E-state index contributed by atoms with van der Waals surface area (Å²) >= 11 is 7.80. The number of thiophene rings is 1. The van der Waals surface area contributed by atoms with E-state index in [4.69, 9.17) is 11.6 Å². The first-order valence-corrected chi connectivity index (χ1v) is 11.2. The zero-order valence-corrected chi connectivity index (χ0v) is 18.3. The zero-order chi connectivity index (χ0) is 21.8. The van der Waals surface area contributed by atoms with Gasteiger partial charge in [-0.3, -0.25) is 9.69 Å². The Labute approximate surface area is 188 Å². The van der Waals surface area contributed by atoms with E-state index in [-0.39, 0.29) is 5.56 Å². The number of piperazine rings is 1. The van der Waals surface area contributed by atoms with Crippen LogP contribution in [0.15, 0.2) is 30.5 Å². The van der Waals surface area contributed by atoms with Gasteiger partial charge in [0.15, 0.2) is 0 Å². The standard InChI is InChI=1S/C21H22ClN5O3S/c22-16-12-24-21(23-5-2-6-26-7-9-27(13-28)10-8-26)25-19(16)18-11-15-14(20(29)30)3-1-4-17(15)31-18/h1,3-4,11-13H,2,5-10H2,(H,29,30)(H,23,24,25). The molecule has 1 saturated heterocycles. The van der Waals surface area contributed by atoms with Gasteiger partial charge in [0.05, 0.1) is 21.7 Å². The van der Waals surface area contributed by atoms with E-state index in [2.05, 4.69) is 20.2 Å². The number of amides is 1. The summed E-state index contributed by atoms with van der Waals surface area (Å²) in [6, 6.07) is 7.04. The van der Waals surface area contributed by atoms with Crippen molar-refractivity contribution >= 4 is 51.4 Å². The number of carboxylic acid groups (broad SMARTS) is 1. The van der Waals surface area contributed by atoms with Crippen molar-refractivity contribution in [1.29, 1.82) is 0 Å². The highest BCUT2D eigenvalue weighted by Gasteiger charge is 2.16. The topological polar surface area (TPSA) is 98.7 Å². The van der Waals surface area contributed by atoms with Crippen LogP contribution in [0.4, 0.5) is 5.95 Å². The molecule has 0 spiro atoms. The summed E-state index contributed by atoms with van der Waals surface area (Å²) < 4.78 is 0.869. The molecule has 8 nitrogen and oxygen atoms in total. The highest BCUT2D eigenvalue weighted by molar-refractivity contribution is 7.22. The normalized spacial score (nSPS) is 14.7. The van der Waals surface area contributed by atoms with Gasteiger partial charge in [-0.05, 0) is 31.2 Å². The number of aromatic nitrogens is 2. The van der Waals surface area contributed by atoms with Crippen LogP contribution in [0, 0.1) is 0 Å². The van der Waals surface area contributed by atoms with Gasteiger partial charge in [-0.2, -0.15) is 0 Å². The second-order valence-electron chi connectivity index (χ2n) is 7.29. The van der Waals surface area contributed by atoms with Gasteiger partial charge in [0.2, 0.25) is 12.4 Å². The minimum absolute atomic E-state index is 0.262. The Kier molecular flexibility index (Phi) is 6.64. The molecule has 162 valence electrons. The third kappa shape index (κ3) is 4.95. The summed E-state index contributed by atoms with van der Waals surface area (Å²) in [6.07, 6.45) is 3.40. The molecule has 2 aromatic heterocycles. The summed E-state index contributed by atoms with van der Waals surface area (Å²) in [5, 5.41) is 13.8. The second-order valence-corrected chi connectivity index (χ2v) is 8.78. The van der Waals surface area contributed by atoms with Gasteiger partial charge in [0, 0.05) is 42.8 Å². The maximum absolute atomic E-state index is 11.5. The van der Waals surface area contributed by atoms with Crippen LogP contribution < -0.4 is 5.32 Å². The quantitative estimate of drug-likeness (QED) is 0.394. The Balaban J connectivity index is 1.41. The first kappa shape index (κ1) is 21.5. The van der Waals surface area contributed by atoms with E-state index in [1.165, 1.54) is 11.3 Å². The van der Waals surface area contributed by atoms with Crippen molar-refractivity contribution in [2.45, 2.75) is 6.42 Å². The summed E-state index contributed by atoms with van der Waals surface area (Å²) in [4.78, 5) is 36.0. The number of nitrogens with one attached hydrogen (secondary N) is 1. The minimum atomic E-state index is -0.960. The highest BCUT2D eigenvalue weighted by atomic mass is 35.5. The Bertz CT molecular complexity index is 1100. The Morgan fingerprint density at radius 1 is 1.29 bits per heavy atom. The number of hydrogen-bond acceptors (Lipinski definition) is 7. The molecule has 1 fully saturated rings. The Morgan fingerprint density at radius 2 is 2.10 bits per heavy atom.